The highest BCUT2D eigenvalue weighted by Crippen LogP contribution is 2.54. The number of allylic oxidation sites excluding steroid dienone is 2. The summed E-state index contributed by atoms with van der Waals surface area (Å²) in [5.41, 5.74) is 3.81. The molecule has 0 unspecified atom stereocenters. The molecule has 3 aliphatic carbocycles. The van der Waals surface area contributed by atoms with Crippen LogP contribution in [0.15, 0.2) is 11.1 Å². The summed E-state index contributed by atoms with van der Waals surface area (Å²) in [4.78, 5) is 0. The summed E-state index contributed by atoms with van der Waals surface area (Å²) in [6.45, 7) is 2.47. The summed E-state index contributed by atoms with van der Waals surface area (Å²) in [6, 6.07) is 0. The van der Waals surface area contributed by atoms with Crippen molar-refractivity contribution in [1.29, 1.82) is 0 Å². The van der Waals surface area contributed by atoms with E-state index in [9.17, 15) is 0 Å². The molecule has 0 saturated heterocycles. The molecule has 0 aromatic carbocycles. The average molecular weight is 162 g/mol. The van der Waals surface area contributed by atoms with Crippen molar-refractivity contribution in [3.63, 3.8) is 0 Å². The maximum atomic E-state index is 2.47. The highest BCUT2D eigenvalue weighted by atomic mass is 14.5. The molecule has 0 aromatic heterocycles. The molecule has 0 bridgehead atoms. The van der Waals surface area contributed by atoms with E-state index in [1.54, 1.807) is 0 Å². The standard InChI is InChI=1S/C12H18/c1-8-5-6-10-7-9-3-2-4-11(9)12(8)10/h8,10,12H,2-7H2,1H3/t8-,10-,12-/m1/s1. The van der Waals surface area contributed by atoms with Gasteiger partial charge < -0.3 is 0 Å². The van der Waals surface area contributed by atoms with Gasteiger partial charge in [0, 0.05) is 0 Å². The summed E-state index contributed by atoms with van der Waals surface area (Å²) in [5.74, 6) is 3.15. The summed E-state index contributed by atoms with van der Waals surface area (Å²) in [7, 11) is 0. The van der Waals surface area contributed by atoms with Gasteiger partial charge in [0.15, 0.2) is 0 Å². The third-order valence-electron chi connectivity index (χ3n) is 4.40. The van der Waals surface area contributed by atoms with Crippen molar-refractivity contribution in [2.45, 2.75) is 45.4 Å². The fourth-order valence-corrected chi connectivity index (χ4v) is 3.94. The first kappa shape index (κ1) is 7.17. The van der Waals surface area contributed by atoms with E-state index in [0.29, 0.717) is 0 Å². The van der Waals surface area contributed by atoms with Gasteiger partial charge in [-0.3, -0.25) is 0 Å². The maximum absolute atomic E-state index is 2.47. The van der Waals surface area contributed by atoms with Crippen molar-refractivity contribution in [2.75, 3.05) is 0 Å². The Bertz CT molecular complexity index is 236. The molecule has 0 N–H and O–H groups in total. The molecule has 3 rings (SSSR count). The molecule has 0 heteroatoms. The Hall–Kier alpha value is -0.260. The Morgan fingerprint density at radius 3 is 3.00 bits per heavy atom. The Morgan fingerprint density at radius 2 is 2.08 bits per heavy atom. The van der Waals surface area contributed by atoms with E-state index >= 15 is 0 Å². The number of fused-ring (bicyclic) bond motifs is 2. The molecule has 0 amide bonds. The second-order valence-corrected chi connectivity index (χ2v) is 5.03. The van der Waals surface area contributed by atoms with E-state index in [2.05, 4.69) is 6.92 Å². The summed E-state index contributed by atoms with van der Waals surface area (Å²) in [6.07, 6.45) is 8.91. The molecule has 0 aromatic rings. The quantitative estimate of drug-likeness (QED) is 0.478. The second kappa shape index (κ2) is 2.37. The Labute approximate surface area is 75.0 Å². The van der Waals surface area contributed by atoms with Crippen molar-refractivity contribution < 1.29 is 0 Å². The first-order chi connectivity index (χ1) is 5.86. The molecule has 1 fully saturated rings. The van der Waals surface area contributed by atoms with Crippen molar-refractivity contribution >= 4 is 0 Å². The van der Waals surface area contributed by atoms with Gasteiger partial charge in [0.05, 0.1) is 0 Å². The van der Waals surface area contributed by atoms with Crippen LogP contribution in [0.3, 0.4) is 0 Å². The van der Waals surface area contributed by atoms with Gasteiger partial charge in [-0.05, 0) is 56.3 Å². The normalized spacial score (nSPS) is 45.2. The van der Waals surface area contributed by atoms with E-state index in [1.807, 2.05) is 11.1 Å². The molecule has 0 heterocycles. The van der Waals surface area contributed by atoms with Crippen LogP contribution in [0, 0.1) is 17.8 Å². The fraction of sp³-hybridized carbons (Fsp3) is 0.833. The number of hydrogen-bond acceptors (Lipinski definition) is 0. The van der Waals surface area contributed by atoms with Gasteiger partial charge >= 0.3 is 0 Å². The number of rotatable bonds is 0. The van der Waals surface area contributed by atoms with Crippen LogP contribution in [0.25, 0.3) is 0 Å². The lowest BCUT2D eigenvalue weighted by Crippen LogP contribution is -2.09. The average Bonchev–Trinajstić information content (AvgIpc) is 2.61. The van der Waals surface area contributed by atoms with Gasteiger partial charge in [0.25, 0.3) is 0 Å². The molecule has 3 aliphatic rings. The van der Waals surface area contributed by atoms with Crippen LogP contribution in [0.5, 0.6) is 0 Å². The zero-order valence-corrected chi connectivity index (χ0v) is 7.97. The van der Waals surface area contributed by atoms with Crippen molar-refractivity contribution in [3.05, 3.63) is 11.1 Å². The van der Waals surface area contributed by atoms with E-state index in [1.165, 1.54) is 38.5 Å². The van der Waals surface area contributed by atoms with Crippen LogP contribution >= 0.6 is 0 Å². The minimum Gasteiger partial charge on any atom is -0.0704 e. The van der Waals surface area contributed by atoms with E-state index in [-0.39, 0.29) is 0 Å². The Kier molecular flexibility index (Phi) is 1.42. The van der Waals surface area contributed by atoms with E-state index < -0.39 is 0 Å². The number of hydrogen-bond donors (Lipinski definition) is 0. The third-order valence-corrected chi connectivity index (χ3v) is 4.40. The van der Waals surface area contributed by atoms with Crippen molar-refractivity contribution in [2.24, 2.45) is 17.8 Å². The van der Waals surface area contributed by atoms with E-state index in [0.717, 1.165) is 17.8 Å². The maximum Gasteiger partial charge on any atom is -0.0143 e. The molecule has 3 atom stereocenters. The van der Waals surface area contributed by atoms with Crippen LogP contribution < -0.4 is 0 Å². The predicted octanol–water partition coefficient (Wildman–Crippen LogP) is 3.53. The Morgan fingerprint density at radius 1 is 1.17 bits per heavy atom. The molecule has 66 valence electrons. The second-order valence-electron chi connectivity index (χ2n) is 5.03. The molecule has 0 radical (unpaired) electrons. The topological polar surface area (TPSA) is 0 Å². The van der Waals surface area contributed by atoms with E-state index in [4.69, 9.17) is 0 Å². The first-order valence-electron chi connectivity index (χ1n) is 5.57. The molecule has 12 heavy (non-hydrogen) atoms. The molecule has 0 nitrogen and oxygen atoms in total. The smallest absolute Gasteiger partial charge is 0.0143 e. The van der Waals surface area contributed by atoms with Crippen LogP contribution in [-0.4, -0.2) is 0 Å². The van der Waals surface area contributed by atoms with Crippen molar-refractivity contribution in [3.8, 4) is 0 Å². The van der Waals surface area contributed by atoms with Gasteiger partial charge in [-0.15, -0.1) is 0 Å². The zero-order valence-electron chi connectivity index (χ0n) is 7.97. The van der Waals surface area contributed by atoms with Gasteiger partial charge in [0.2, 0.25) is 0 Å². The SMILES string of the molecule is C[C@@H]1CC[C@@H]2CC3=C(CCC3)[C@@H]21. The monoisotopic (exact) mass is 162 g/mol. The van der Waals surface area contributed by atoms with Crippen LogP contribution in [0.1, 0.15) is 45.4 Å². The lowest BCUT2D eigenvalue weighted by molar-refractivity contribution is 0.396. The molecular formula is C12H18. The fourth-order valence-electron chi connectivity index (χ4n) is 3.94. The molecule has 0 spiro atoms. The third kappa shape index (κ3) is 0.787. The summed E-state index contributed by atoms with van der Waals surface area (Å²) < 4.78 is 0. The minimum absolute atomic E-state index is 1.01. The van der Waals surface area contributed by atoms with Gasteiger partial charge in [-0.25, -0.2) is 0 Å². The minimum atomic E-state index is 1.01. The van der Waals surface area contributed by atoms with Gasteiger partial charge in [-0.1, -0.05) is 18.1 Å². The van der Waals surface area contributed by atoms with Crippen molar-refractivity contribution in [1.82, 2.24) is 0 Å². The highest BCUT2D eigenvalue weighted by Gasteiger charge is 2.42. The van der Waals surface area contributed by atoms with Gasteiger partial charge in [0.1, 0.15) is 0 Å². The van der Waals surface area contributed by atoms with Gasteiger partial charge in [-0.2, -0.15) is 0 Å². The van der Waals surface area contributed by atoms with Crippen LogP contribution in [0.4, 0.5) is 0 Å². The first-order valence-corrected chi connectivity index (χ1v) is 5.57. The zero-order chi connectivity index (χ0) is 8.13. The summed E-state index contributed by atoms with van der Waals surface area (Å²) in [5, 5.41) is 0. The lowest BCUT2D eigenvalue weighted by atomic mass is 9.87. The van der Waals surface area contributed by atoms with Crippen LogP contribution in [0.2, 0.25) is 0 Å². The summed E-state index contributed by atoms with van der Waals surface area (Å²) >= 11 is 0. The predicted molar refractivity (Wildman–Crippen MR) is 50.9 cm³/mol. The molecular weight excluding hydrogens is 144 g/mol. The van der Waals surface area contributed by atoms with Crippen LogP contribution in [-0.2, 0) is 0 Å². The Balaban J connectivity index is 1.94. The lowest BCUT2D eigenvalue weighted by Gasteiger charge is -2.18. The molecule has 1 saturated carbocycles. The highest BCUT2D eigenvalue weighted by molar-refractivity contribution is 5.30. The largest absolute Gasteiger partial charge is 0.0704 e. The molecule has 0 aliphatic heterocycles.